The van der Waals surface area contributed by atoms with Crippen LogP contribution in [-0.4, -0.2) is 72.0 Å². The maximum absolute atomic E-state index is 12.7. The monoisotopic (exact) mass is 843 g/mol. The van der Waals surface area contributed by atoms with Crippen LogP contribution in [0.15, 0.2) is 90.0 Å². The number of likely N-dealkylation sites (N-methyl/N-ethyl adjacent to an activating group) is 2. The first-order chi connectivity index (χ1) is 29.6. The number of carbonyl (C=O) groups excluding carboxylic acids is 4. The summed E-state index contributed by atoms with van der Waals surface area (Å²) in [6.07, 6.45) is 23.9. The standard InChI is InChI=1S/C26H35N3O2.C19H30N2O.C7H5NO/c1-25-15-13-20-18(9-12-22-26(20,2)16-14-23(30)29(22)3)19(25)10-11-21(25)28-24(31)27-17-7-5-4-6-8-17;1-18-10-8-14-12(13(18)5-6-15(18)20)4-7-16-19(14,2)11-9-17(22)21(16)3;9-6-8-7-4-2-1-3-5-7/h4-8,14,16,18-22H,9-13,15H2,1-3H3,(H2,27,28,31);9,11-16H,4-8,10,20H2,1-3H3;1-5H/t18-,19-,20-,21-,22+,25-,26+;12-,13-,14-,15-,16+,18-,19+;/m00./s1. The molecule has 14 atom stereocenters. The van der Waals surface area contributed by atoms with Crippen molar-refractivity contribution in [3.05, 3.63) is 85.0 Å². The van der Waals surface area contributed by atoms with Crippen molar-refractivity contribution in [2.45, 2.75) is 129 Å². The highest BCUT2D eigenvalue weighted by Crippen LogP contribution is 2.65. The van der Waals surface area contributed by atoms with E-state index in [1.165, 1.54) is 57.4 Å². The molecule has 4 N–H and O–H groups in total. The van der Waals surface area contributed by atoms with Crippen LogP contribution < -0.4 is 16.4 Å². The number of nitrogens with one attached hydrogen (secondary N) is 2. The number of benzene rings is 2. The molecule has 6 saturated carbocycles. The van der Waals surface area contributed by atoms with Crippen molar-refractivity contribution in [2.75, 3.05) is 19.4 Å². The van der Waals surface area contributed by atoms with Crippen LogP contribution in [0, 0.1) is 57.2 Å². The van der Waals surface area contributed by atoms with E-state index in [-0.39, 0.29) is 40.1 Å². The second-order valence-corrected chi connectivity index (χ2v) is 21.1. The summed E-state index contributed by atoms with van der Waals surface area (Å²) in [6.45, 7) is 9.65. The first kappa shape index (κ1) is 44.1. The number of nitrogens with zero attached hydrogens (tertiary/aromatic N) is 3. The Morgan fingerprint density at radius 2 is 1.16 bits per heavy atom. The Morgan fingerprint density at radius 1 is 0.661 bits per heavy atom. The van der Waals surface area contributed by atoms with E-state index in [1.807, 2.05) is 78.5 Å². The number of fused-ring (bicyclic) bond motifs is 10. The Labute approximate surface area is 369 Å². The number of hydrogen-bond acceptors (Lipinski definition) is 6. The van der Waals surface area contributed by atoms with E-state index in [0.29, 0.717) is 47.0 Å². The van der Waals surface area contributed by atoms with E-state index in [0.717, 1.165) is 49.1 Å². The van der Waals surface area contributed by atoms with Gasteiger partial charge in [0.1, 0.15) is 0 Å². The Hall–Kier alpha value is -4.53. The molecule has 2 heterocycles. The summed E-state index contributed by atoms with van der Waals surface area (Å²) in [6, 6.07) is 19.9. The second kappa shape index (κ2) is 17.2. The molecule has 4 amide bonds. The molecule has 6 fully saturated rings. The highest BCUT2D eigenvalue weighted by Gasteiger charge is 2.62. The normalized spacial score (nSPS) is 40.9. The Morgan fingerprint density at radius 3 is 1.71 bits per heavy atom. The molecule has 10 rings (SSSR count). The van der Waals surface area contributed by atoms with Crippen LogP contribution in [-0.2, 0) is 14.4 Å². The SMILES string of the molecule is CN1C(=O)C=C[C@]2(C)[C@H]3CC[C@]4(C)[C@@H](N)CC[C@H]4[C@@H]3CC[C@@H]12.CN1C(=O)C=C[C@]2(C)[C@H]3CC[C@]4(C)[C@@H](NC(=O)Nc5ccccc5)CC[C@H]4[C@@H]3CC[C@@H]12.O=C=Nc1ccccc1. The lowest BCUT2D eigenvalue weighted by Crippen LogP contribution is -2.60. The van der Waals surface area contributed by atoms with Crippen molar-refractivity contribution in [2.24, 2.45) is 67.9 Å². The second-order valence-electron chi connectivity index (χ2n) is 21.1. The maximum atomic E-state index is 12.7. The molecule has 0 aromatic heterocycles. The first-order valence-electron chi connectivity index (χ1n) is 23.6. The largest absolute Gasteiger partial charge is 0.338 e. The van der Waals surface area contributed by atoms with Crippen molar-refractivity contribution in [3.8, 4) is 0 Å². The average Bonchev–Trinajstić information content (AvgIpc) is 3.76. The van der Waals surface area contributed by atoms with Gasteiger partial charge in [0.2, 0.25) is 17.9 Å². The number of anilines is 1. The fraction of sp³-hybridized carbons (Fsp3) is 0.615. The Balaban J connectivity index is 0.000000147. The highest BCUT2D eigenvalue weighted by molar-refractivity contribution is 5.90. The molecule has 0 bridgehead atoms. The molecular weight excluding hydrogens is 773 g/mol. The minimum atomic E-state index is -0.0915. The molecule has 2 aromatic rings. The molecule has 0 radical (unpaired) electrons. The number of amides is 4. The van der Waals surface area contributed by atoms with Crippen molar-refractivity contribution < 1.29 is 19.2 Å². The van der Waals surface area contributed by atoms with Gasteiger partial charge in [-0.15, -0.1) is 0 Å². The predicted molar refractivity (Wildman–Crippen MR) is 245 cm³/mol. The zero-order valence-electron chi connectivity index (χ0n) is 37.9. The van der Waals surface area contributed by atoms with Gasteiger partial charge < -0.3 is 26.2 Å². The third-order valence-electron chi connectivity index (χ3n) is 18.6. The zero-order chi connectivity index (χ0) is 44.0. The number of urea groups is 1. The Kier molecular flexibility index (Phi) is 12.2. The predicted octanol–water partition coefficient (Wildman–Crippen LogP) is 9.42. The van der Waals surface area contributed by atoms with Gasteiger partial charge >= 0.3 is 6.03 Å². The van der Waals surface area contributed by atoms with Gasteiger partial charge in [0.15, 0.2) is 0 Å². The van der Waals surface area contributed by atoms with Crippen LogP contribution >= 0.6 is 0 Å². The van der Waals surface area contributed by atoms with Crippen LogP contribution in [0.3, 0.4) is 0 Å². The third kappa shape index (κ3) is 7.67. The van der Waals surface area contributed by atoms with E-state index < -0.39 is 0 Å². The maximum Gasteiger partial charge on any atom is 0.319 e. The van der Waals surface area contributed by atoms with E-state index >= 15 is 0 Å². The van der Waals surface area contributed by atoms with Crippen molar-refractivity contribution in [1.82, 2.24) is 15.1 Å². The van der Waals surface area contributed by atoms with E-state index in [2.05, 4.69) is 55.5 Å². The molecule has 2 aromatic carbocycles. The lowest BCUT2D eigenvalue weighted by atomic mass is 9.48. The molecule has 10 nitrogen and oxygen atoms in total. The molecule has 2 aliphatic heterocycles. The summed E-state index contributed by atoms with van der Waals surface area (Å²) in [4.78, 5) is 54.1. The van der Waals surface area contributed by atoms with Crippen LogP contribution in [0.1, 0.15) is 105 Å². The number of nitrogens with two attached hydrogens (primary N) is 1. The molecule has 0 spiro atoms. The fourth-order valence-electron chi connectivity index (χ4n) is 15.2. The van der Waals surface area contributed by atoms with E-state index in [1.54, 1.807) is 18.2 Å². The van der Waals surface area contributed by atoms with Gasteiger partial charge in [0, 0.05) is 54.8 Å². The van der Waals surface area contributed by atoms with Crippen LogP contribution in [0.2, 0.25) is 0 Å². The van der Waals surface area contributed by atoms with Crippen LogP contribution in [0.5, 0.6) is 0 Å². The van der Waals surface area contributed by atoms with Gasteiger partial charge in [-0.3, -0.25) is 9.59 Å². The number of carbonyl (C=O) groups is 3. The number of hydrogen-bond donors (Lipinski definition) is 3. The third-order valence-corrected chi connectivity index (χ3v) is 18.6. The van der Waals surface area contributed by atoms with Crippen LogP contribution in [0.4, 0.5) is 16.2 Å². The summed E-state index contributed by atoms with van der Waals surface area (Å²) in [7, 11) is 3.97. The molecule has 6 aliphatic carbocycles. The van der Waals surface area contributed by atoms with Crippen LogP contribution in [0.25, 0.3) is 0 Å². The van der Waals surface area contributed by atoms with E-state index in [9.17, 15) is 19.2 Å². The molecule has 0 unspecified atom stereocenters. The summed E-state index contributed by atoms with van der Waals surface area (Å²) in [5.41, 5.74) is 8.72. The highest BCUT2D eigenvalue weighted by atomic mass is 16.2. The molecule has 332 valence electrons. The quantitative estimate of drug-likeness (QED) is 0.209. The molecule has 8 aliphatic rings. The van der Waals surface area contributed by atoms with Gasteiger partial charge in [0.25, 0.3) is 0 Å². The average molecular weight is 843 g/mol. The fourth-order valence-corrected chi connectivity index (χ4v) is 15.2. The van der Waals surface area contributed by atoms with Crippen molar-refractivity contribution in [1.29, 1.82) is 0 Å². The summed E-state index contributed by atoms with van der Waals surface area (Å²) in [5.74, 6) is 4.60. The number of aliphatic imine (C=N–C) groups is 1. The van der Waals surface area contributed by atoms with E-state index in [4.69, 9.17) is 5.73 Å². The molecule has 10 heteroatoms. The number of isocyanates is 1. The minimum absolute atomic E-state index is 0.0725. The summed E-state index contributed by atoms with van der Waals surface area (Å²) >= 11 is 0. The first-order valence-corrected chi connectivity index (χ1v) is 23.6. The van der Waals surface area contributed by atoms with Gasteiger partial charge in [-0.05, 0) is 160 Å². The van der Waals surface area contributed by atoms with Gasteiger partial charge in [-0.25, -0.2) is 9.59 Å². The van der Waals surface area contributed by atoms with Gasteiger partial charge in [-0.1, -0.05) is 76.2 Å². The molecular formula is C52H70N6O4. The lowest BCUT2D eigenvalue weighted by molar-refractivity contribution is -0.138. The van der Waals surface area contributed by atoms with Gasteiger partial charge in [0.05, 0.1) is 5.69 Å². The smallest absolute Gasteiger partial charge is 0.319 e. The zero-order valence-corrected chi connectivity index (χ0v) is 37.9. The lowest BCUT2D eigenvalue weighted by Gasteiger charge is -2.60. The summed E-state index contributed by atoms with van der Waals surface area (Å²) < 4.78 is 0. The topological polar surface area (TPSA) is 137 Å². The van der Waals surface area contributed by atoms with Crippen molar-refractivity contribution in [3.63, 3.8) is 0 Å². The van der Waals surface area contributed by atoms with Gasteiger partial charge in [-0.2, -0.15) is 4.99 Å². The number of rotatable bonds is 3. The number of para-hydroxylation sites is 2. The molecule has 62 heavy (non-hydrogen) atoms. The molecule has 0 saturated heterocycles. The van der Waals surface area contributed by atoms with Crippen molar-refractivity contribution >= 4 is 35.3 Å². The summed E-state index contributed by atoms with van der Waals surface area (Å²) in [5, 5.41) is 6.32. The Bertz CT molecular complexity index is 2090. The minimum Gasteiger partial charge on any atom is -0.338 e.